The Hall–Kier alpha value is -1.58. The van der Waals surface area contributed by atoms with Gasteiger partial charge in [0.05, 0.1) is 22.4 Å². The molecule has 2 heterocycles. The van der Waals surface area contributed by atoms with Crippen molar-refractivity contribution in [2.45, 2.75) is 17.2 Å². The monoisotopic (exact) mass is 389 g/mol. The fraction of sp³-hybridized carbons (Fsp3) is 0.375. The number of pyridine rings is 1. The van der Waals surface area contributed by atoms with Crippen LogP contribution in [0.25, 0.3) is 0 Å². The largest absolute Gasteiger partial charge is 0.417 e. The number of alkyl halides is 3. The molecule has 136 valence electrons. The highest BCUT2D eigenvalue weighted by Gasteiger charge is 2.30. The topological polar surface area (TPSA) is 45.2 Å². The van der Waals surface area contributed by atoms with Gasteiger partial charge in [-0.1, -0.05) is 17.8 Å². The molecule has 0 fully saturated rings. The molecule has 9 heteroatoms. The lowest BCUT2D eigenvalue weighted by molar-refractivity contribution is -0.137. The van der Waals surface area contributed by atoms with E-state index in [-0.39, 0.29) is 17.7 Å². The predicted octanol–water partition coefficient (Wildman–Crippen LogP) is 3.67. The highest BCUT2D eigenvalue weighted by Crippen LogP contribution is 2.29. The smallest absolute Gasteiger partial charge is 0.353 e. The van der Waals surface area contributed by atoms with Crippen molar-refractivity contribution in [1.82, 2.24) is 15.2 Å². The van der Waals surface area contributed by atoms with Crippen LogP contribution in [0.1, 0.15) is 16.5 Å². The molecule has 1 atom stereocenters. The van der Waals surface area contributed by atoms with Gasteiger partial charge in [-0.3, -0.25) is 4.79 Å². The third-order valence-corrected chi connectivity index (χ3v) is 5.32. The second kappa shape index (κ2) is 8.68. The Morgan fingerprint density at radius 3 is 2.64 bits per heavy atom. The van der Waals surface area contributed by atoms with Crippen LogP contribution in [-0.2, 0) is 11.0 Å². The Kier molecular flexibility index (Phi) is 6.86. The molecule has 0 radical (unpaired) electrons. The van der Waals surface area contributed by atoms with Crippen molar-refractivity contribution in [3.8, 4) is 0 Å². The summed E-state index contributed by atoms with van der Waals surface area (Å²) in [4.78, 5) is 18.9. The molecule has 0 aliphatic carbocycles. The van der Waals surface area contributed by atoms with Crippen LogP contribution in [0.4, 0.5) is 13.2 Å². The number of thioether (sulfide) groups is 1. The van der Waals surface area contributed by atoms with Gasteiger partial charge in [-0.25, -0.2) is 4.98 Å². The van der Waals surface area contributed by atoms with Crippen LogP contribution in [0.3, 0.4) is 0 Å². The third kappa shape index (κ3) is 6.02. The molecule has 25 heavy (non-hydrogen) atoms. The van der Waals surface area contributed by atoms with Crippen molar-refractivity contribution < 1.29 is 18.0 Å². The van der Waals surface area contributed by atoms with Gasteiger partial charge >= 0.3 is 6.18 Å². The van der Waals surface area contributed by atoms with E-state index in [0.29, 0.717) is 11.6 Å². The van der Waals surface area contributed by atoms with Gasteiger partial charge in [0.1, 0.15) is 0 Å². The standard InChI is InChI=1S/C16H18F3N3OS2/c1-22(2)12(13-4-3-7-24-13)9-20-14(23)10-25-15-6-5-11(8-21-15)16(17,18)19/h3-8,12H,9-10H2,1-2H3,(H,20,23). The first-order valence-electron chi connectivity index (χ1n) is 7.40. The Balaban J connectivity index is 1.82. The van der Waals surface area contributed by atoms with E-state index in [1.807, 2.05) is 36.5 Å². The SMILES string of the molecule is CN(C)C(CNC(=O)CSc1ccc(C(F)(F)F)cn1)c1cccs1. The van der Waals surface area contributed by atoms with Gasteiger partial charge in [0.2, 0.25) is 5.91 Å². The van der Waals surface area contributed by atoms with Crippen LogP contribution in [-0.4, -0.2) is 42.2 Å². The van der Waals surface area contributed by atoms with Crippen molar-refractivity contribution in [2.24, 2.45) is 0 Å². The quantitative estimate of drug-likeness (QED) is 0.734. The highest BCUT2D eigenvalue weighted by molar-refractivity contribution is 7.99. The van der Waals surface area contributed by atoms with Gasteiger partial charge in [0.15, 0.2) is 0 Å². The first kappa shape index (κ1) is 19.7. The molecule has 0 bridgehead atoms. The molecule has 0 aliphatic rings. The minimum absolute atomic E-state index is 0.0816. The number of nitrogens with one attached hydrogen (secondary N) is 1. The van der Waals surface area contributed by atoms with Crippen LogP contribution in [0.15, 0.2) is 40.9 Å². The van der Waals surface area contributed by atoms with Gasteiger partial charge in [-0.05, 0) is 37.7 Å². The number of thiophene rings is 1. The van der Waals surface area contributed by atoms with Crippen molar-refractivity contribution in [2.75, 3.05) is 26.4 Å². The number of hydrogen-bond donors (Lipinski definition) is 1. The van der Waals surface area contributed by atoms with Crippen molar-refractivity contribution >= 4 is 29.0 Å². The number of carbonyl (C=O) groups is 1. The van der Waals surface area contributed by atoms with E-state index in [9.17, 15) is 18.0 Å². The number of rotatable bonds is 7. The number of aromatic nitrogens is 1. The molecular weight excluding hydrogens is 371 g/mol. The molecule has 1 unspecified atom stereocenters. The summed E-state index contributed by atoms with van der Waals surface area (Å²) in [5.41, 5.74) is -0.800. The van der Waals surface area contributed by atoms with Gasteiger partial charge in [-0.15, -0.1) is 11.3 Å². The molecule has 1 N–H and O–H groups in total. The molecule has 0 spiro atoms. The number of nitrogens with zero attached hydrogens (tertiary/aromatic N) is 2. The molecule has 0 aliphatic heterocycles. The maximum Gasteiger partial charge on any atom is 0.417 e. The Bertz CT molecular complexity index is 673. The Morgan fingerprint density at radius 1 is 1.36 bits per heavy atom. The fourth-order valence-corrected chi connectivity index (χ4v) is 3.65. The van der Waals surface area contributed by atoms with Crippen molar-refractivity contribution in [3.63, 3.8) is 0 Å². The van der Waals surface area contributed by atoms with E-state index >= 15 is 0 Å². The summed E-state index contributed by atoms with van der Waals surface area (Å²) in [5, 5.41) is 5.22. The van der Waals surface area contributed by atoms with Gasteiger partial charge < -0.3 is 10.2 Å². The van der Waals surface area contributed by atoms with E-state index in [4.69, 9.17) is 0 Å². The number of halogens is 3. The average molecular weight is 389 g/mol. The van der Waals surface area contributed by atoms with Crippen LogP contribution >= 0.6 is 23.1 Å². The highest BCUT2D eigenvalue weighted by atomic mass is 32.2. The summed E-state index contributed by atoms with van der Waals surface area (Å²) < 4.78 is 37.4. The van der Waals surface area contributed by atoms with Crippen molar-refractivity contribution in [3.05, 3.63) is 46.3 Å². The zero-order valence-electron chi connectivity index (χ0n) is 13.7. The number of likely N-dealkylation sites (N-methyl/N-ethyl adjacent to an activating group) is 1. The second-order valence-corrected chi connectivity index (χ2v) is 7.45. The summed E-state index contributed by atoms with van der Waals surface area (Å²) in [6.07, 6.45) is -3.63. The second-order valence-electron chi connectivity index (χ2n) is 5.47. The summed E-state index contributed by atoms with van der Waals surface area (Å²) in [6, 6.07) is 6.30. The van der Waals surface area contributed by atoms with Crippen LogP contribution < -0.4 is 5.32 Å². The molecular formula is C16H18F3N3OS2. The maximum absolute atomic E-state index is 12.5. The average Bonchev–Trinajstić information content (AvgIpc) is 3.06. The molecule has 2 aromatic rings. The van der Waals surface area contributed by atoms with Crippen LogP contribution in [0, 0.1) is 0 Å². The molecule has 0 saturated heterocycles. The summed E-state index contributed by atoms with van der Waals surface area (Å²) in [6.45, 7) is 0.466. The molecule has 4 nitrogen and oxygen atoms in total. The third-order valence-electron chi connectivity index (χ3n) is 3.40. The molecule has 0 aromatic carbocycles. The van der Waals surface area contributed by atoms with E-state index in [1.165, 1.54) is 6.07 Å². The normalized spacial score (nSPS) is 13.0. The predicted molar refractivity (Wildman–Crippen MR) is 93.7 cm³/mol. The van der Waals surface area contributed by atoms with Gasteiger partial charge in [0.25, 0.3) is 0 Å². The zero-order valence-corrected chi connectivity index (χ0v) is 15.3. The lowest BCUT2D eigenvalue weighted by atomic mass is 10.2. The van der Waals surface area contributed by atoms with Crippen LogP contribution in [0.2, 0.25) is 0 Å². The van der Waals surface area contributed by atoms with Gasteiger partial charge in [0, 0.05) is 17.6 Å². The summed E-state index contributed by atoms with van der Waals surface area (Å²) in [7, 11) is 3.88. The first-order chi connectivity index (χ1) is 11.8. The minimum Gasteiger partial charge on any atom is -0.353 e. The van der Waals surface area contributed by atoms with E-state index in [0.717, 1.165) is 28.9 Å². The minimum atomic E-state index is -4.41. The summed E-state index contributed by atoms with van der Waals surface area (Å²) >= 11 is 2.73. The Morgan fingerprint density at radius 2 is 2.12 bits per heavy atom. The molecule has 0 saturated carbocycles. The van der Waals surface area contributed by atoms with E-state index in [2.05, 4.69) is 10.3 Å². The lowest BCUT2D eigenvalue weighted by Crippen LogP contribution is -2.35. The lowest BCUT2D eigenvalue weighted by Gasteiger charge is -2.23. The van der Waals surface area contributed by atoms with Crippen LogP contribution in [0.5, 0.6) is 0 Å². The maximum atomic E-state index is 12.5. The number of hydrogen-bond acceptors (Lipinski definition) is 5. The molecule has 2 aromatic heterocycles. The number of amides is 1. The Labute approximate surface area is 152 Å². The number of carbonyl (C=O) groups excluding carboxylic acids is 1. The van der Waals surface area contributed by atoms with E-state index < -0.39 is 11.7 Å². The molecule has 2 rings (SSSR count). The fourth-order valence-electron chi connectivity index (χ4n) is 2.05. The summed E-state index contributed by atoms with van der Waals surface area (Å²) in [5.74, 6) is -0.0849. The van der Waals surface area contributed by atoms with Gasteiger partial charge in [-0.2, -0.15) is 13.2 Å². The van der Waals surface area contributed by atoms with Crippen molar-refractivity contribution in [1.29, 1.82) is 0 Å². The van der Waals surface area contributed by atoms with E-state index in [1.54, 1.807) is 11.3 Å². The zero-order chi connectivity index (χ0) is 18.4. The molecule has 1 amide bonds. The first-order valence-corrected chi connectivity index (χ1v) is 9.26.